The van der Waals surface area contributed by atoms with Crippen LogP contribution in [0, 0.1) is 17.1 Å². The normalized spacial score (nSPS) is 13.2. The number of rotatable bonds is 5. The van der Waals surface area contributed by atoms with Crippen LogP contribution in [0.1, 0.15) is 18.9 Å². The second-order valence-electron chi connectivity index (χ2n) is 5.06. The van der Waals surface area contributed by atoms with Crippen LogP contribution in [0.15, 0.2) is 54.6 Å². The third-order valence-electron chi connectivity index (χ3n) is 3.27. The van der Waals surface area contributed by atoms with E-state index in [0.29, 0.717) is 6.42 Å². The predicted octanol–water partition coefficient (Wildman–Crippen LogP) is 4.15. The zero-order valence-electron chi connectivity index (χ0n) is 11.4. The summed E-state index contributed by atoms with van der Waals surface area (Å²) in [5.41, 5.74) is 1.28. The Bertz CT molecular complexity index is 587. The van der Waals surface area contributed by atoms with E-state index in [0.717, 1.165) is 12.1 Å². The molecule has 0 amide bonds. The van der Waals surface area contributed by atoms with Gasteiger partial charge in [0.1, 0.15) is 11.4 Å². The fraction of sp³-hybridized carbons (Fsp3) is 0.235. The van der Waals surface area contributed by atoms with Crippen molar-refractivity contribution in [2.45, 2.75) is 25.3 Å². The first-order chi connectivity index (χ1) is 9.61. The van der Waals surface area contributed by atoms with Crippen LogP contribution in [0.4, 0.5) is 10.1 Å². The van der Waals surface area contributed by atoms with Crippen LogP contribution in [0.5, 0.6) is 0 Å². The molecule has 3 heteroatoms. The number of nitrogens with zero attached hydrogens (tertiary/aromatic N) is 1. The van der Waals surface area contributed by atoms with Gasteiger partial charge in [-0.15, -0.1) is 0 Å². The fourth-order valence-electron chi connectivity index (χ4n) is 2.04. The Balaban J connectivity index is 2.02. The highest BCUT2D eigenvalue weighted by Crippen LogP contribution is 2.20. The van der Waals surface area contributed by atoms with E-state index in [1.165, 1.54) is 17.7 Å². The van der Waals surface area contributed by atoms with Crippen LogP contribution in [0.3, 0.4) is 0 Å². The lowest BCUT2D eigenvalue weighted by molar-refractivity contribution is 0.588. The smallest absolute Gasteiger partial charge is 0.123 e. The van der Waals surface area contributed by atoms with Crippen molar-refractivity contribution in [2.75, 3.05) is 5.32 Å². The van der Waals surface area contributed by atoms with Crippen LogP contribution in [0.2, 0.25) is 0 Å². The van der Waals surface area contributed by atoms with Gasteiger partial charge >= 0.3 is 0 Å². The van der Waals surface area contributed by atoms with Crippen LogP contribution >= 0.6 is 0 Å². The molecular weight excluding hydrogens is 251 g/mol. The summed E-state index contributed by atoms with van der Waals surface area (Å²) >= 11 is 0. The van der Waals surface area contributed by atoms with E-state index in [1.807, 2.05) is 25.1 Å². The van der Waals surface area contributed by atoms with Gasteiger partial charge in [0.05, 0.1) is 6.07 Å². The van der Waals surface area contributed by atoms with Crippen molar-refractivity contribution in [1.29, 1.82) is 5.26 Å². The summed E-state index contributed by atoms with van der Waals surface area (Å²) in [4.78, 5) is 0. The standard InChI is InChI=1S/C17H17FN2/c1-17(13-19,12-11-14-5-3-2-4-6-14)20-16-9-7-15(18)8-10-16/h2-10,20H,11-12H2,1H3. The first-order valence-corrected chi connectivity index (χ1v) is 6.60. The number of aryl methyl sites for hydroxylation is 1. The third-order valence-corrected chi connectivity index (χ3v) is 3.27. The van der Waals surface area contributed by atoms with E-state index in [2.05, 4.69) is 23.5 Å². The summed E-state index contributed by atoms with van der Waals surface area (Å²) in [6.07, 6.45) is 1.50. The first-order valence-electron chi connectivity index (χ1n) is 6.60. The van der Waals surface area contributed by atoms with Gasteiger partial charge in [-0.1, -0.05) is 30.3 Å². The van der Waals surface area contributed by atoms with Crippen molar-refractivity contribution in [3.63, 3.8) is 0 Å². The molecule has 2 aromatic carbocycles. The van der Waals surface area contributed by atoms with Gasteiger partial charge < -0.3 is 5.32 Å². The Kier molecular flexibility index (Phi) is 4.37. The maximum absolute atomic E-state index is 12.9. The molecule has 0 aromatic heterocycles. The molecule has 2 rings (SSSR count). The number of hydrogen-bond donors (Lipinski definition) is 1. The molecule has 0 saturated heterocycles. The number of anilines is 1. The van der Waals surface area contributed by atoms with Gasteiger partial charge in [-0.3, -0.25) is 0 Å². The molecule has 0 saturated carbocycles. The lowest BCUT2D eigenvalue weighted by Crippen LogP contribution is -2.33. The van der Waals surface area contributed by atoms with Crippen molar-refractivity contribution >= 4 is 5.69 Å². The second-order valence-corrected chi connectivity index (χ2v) is 5.06. The van der Waals surface area contributed by atoms with E-state index < -0.39 is 5.54 Å². The number of halogens is 1. The molecule has 0 spiro atoms. The van der Waals surface area contributed by atoms with E-state index in [1.54, 1.807) is 12.1 Å². The summed E-state index contributed by atoms with van der Waals surface area (Å²) in [5.74, 6) is -0.279. The molecule has 0 aliphatic carbocycles. The lowest BCUT2D eigenvalue weighted by Gasteiger charge is -2.24. The van der Waals surface area contributed by atoms with Crippen LogP contribution < -0.4 is 5.32 Å². The minimum absolute atomic E-state index is 0.279. The Hall–Kier alpha value is -2.34. The van der Waals surface area contributed by atoms with Gasteiger partial charge in [-0.2, -0.15) is 5.26 Å². The summed E-state index contributed by atoms with van der Waals surface area (Å²) < 4.78 is 12.9. The van der Waals surface area contributed by atoms with E-state index in [4.69, 9.17) is 0 Å². The number of benzene rings is 2. The van der Waals surface area contributed by atoms with Gasteiger partial charge in [0.15, 0.2) is 0 Å². The van der Waals surface area contributed by atoms with Crippen molar-refractivity contribution in [3.05, 3.63) is 66.0 Å². The van der Waals surface area contributed by atoms with Crippen LogP contribution in [-0.4, -0.2) is 5.54 Å². The maximum Gasteiger partial charge on any atom is 0.123 e. The highest BCUT2D eigenvalue weighted by atomic mass is 19.1. The summed E-state index contributed by atoms with van der Waals surface area (Å²) in [7, 11) is 0. The van der Waals surface area contributed by atoms with Crippen LogP contribution in [0.25, 0.3) is 0 Å². The van der Waals surface area contributed by atoms with Gasteiger partial charge in [0, 0.05) is 5.69 Å². The average Bonchev–Trinajstić information content (AvgIpc) is 2.49. The van der Waals surface area contributed by atoms with E-state index in [-0.39, 0.29) is 5.82 Å². The highest BCUT2D eigenvalue weighted by molar-refractivity contribution is 5.47. The number of nitrogens with one attached hydrogen (secondary N) is 1. The summed E-state index contributed by atoms with van der Waals surface area (Å²) in [5, 5.41) is 12.6. The van der Waals surface area contributed by atoms with Crippen molar-refractivity contribution < 1.29 is 4.39 Å². The third kappa shape index (κ3) is 3.83. The van der Waals surface area contributed by atoms with Crippen molar-refractivity contribution in [1.82, 2.24) is 0 Å². The van der Waals surface area contributed by atoms with Crippen molar-refractivity contribution in [2.24, 2.45) is 0 Å². The zero-order chi connectivity index (χ0) is 14.4. The molecule has 1 unspecified atom stereocenters. The largest absolute Gasteiger partial charge is 0.368 e. The lowest BCUT2D eigenvalue weighted by atomic mass is 9.94. The number of hydrogen-bond acceptors (Lipinski definition) is 2. The Morgan fingerprint density at radius 3 is 2.35 bits per heavy atom. The molecule has 1 N–H and O–H groups in total. The molecule has 0 fully saturated rings. The van der Waals surface area contributed by atoms with Gasteiger partial charge in [-0.25, -0.2) is 4.39 Å². The van der Waals surface area contributed by atoms with Gasteiger partial charge in [0.25, 0.3) is 0 Å². The molecule has 0 heterocycles. The Labute approximate surface area is 118 Å². The topological polar surface area (TPSA) is 35.8 Å². The predicted molar refractivity (Wildman–Crippen MR) is 78.8 cm³/mol. The monoisotopic (exact) mass is 268 g/mol. The van der Waals surface area contributed by atoms with E-state index in [9.17, 15) is 9.65 Å². The molecule has 0 aliphatic heterocycles. The fourth-order valence-corrected chi connectivity index (χ4v) is 2.04. The first kappa shape index (κ1) is 14.1. The highest BCUT2D eigenvalue weighted by Gasteiger charge is 2.23. The van der Waals surface area contributed by atoms with E-state index >= 15 is 0 Å². The minimum Gasteiger partial charge on any atom is -0.368 e. The van der Waals surface area contributed by atoms with Crippen molar-refractivity contribution in [3.8, 4) is 6.07 Å². The molecule has 0 radical (unpaired) electrons. The minimum atomic E-state index is -0.673. The molecule has 1 atom stereocenters. The van der Waals surface area contributed by atoms with Gasteiger partial charge in [-0.05, 0) is 49.6 Å². The molecule has 2 nitrogen and oxygen atoms in total. The van der Waals surface area contributed by atoms with Gasteiger partial charge in [0.2, 0.25) is 0 Å². The quantitative estimate of drug-likeness (QED) is 0.884. The molecule has 0 bridgehead atoms. The SMILES string of the molecule is CC(C#N)(CCc1ccccc1)Nc1ccc(F)cc1. The zero-order valence-corrected chi connectivity index (χ0v) is 11.4. The Morgan fingerprint density at radius 2 is 1.75 bits per heavy atom. The summed E-state index contributed by atoms with van der Waals surface area (Å²) in [6.45, 7) is 1.86. The van der Waals surface area contributed by atoms with Crippen LogP contribution in [-0.2, 0) is 6.42 Å². The molecule has 20 heavy (non-hydrogen) atoms. The molecule has 2 aromatic rings. The maximum atomic E-state index is 12.9. The average molecular weight is 268 g/mol. The Morgan fingerprint density at radius 1 is 1.10 bits per heavy atom. The second kappa shape index (κ2) is 6.21. The molecule has 102 valence electrons. The number of nitriles is 1. The molecule has 0 aliphatic rings. The molecular formula is C17H17FN2. The summed E-state index contributed by atoms with van der Waals surface area (Å²) in [6, 6.07) is 18.4.